The first-order valence-corrected chi connectivity index (χ1v) is 8.78. The number of hydrogen-bond acceptors (Lipinski definition) is 6. The molecule has 1 heterocycles. The van der Waals surface area contributed by atoms with E-state index in [1.807, 2.05) is 0 Å². The molecule has 128 valence electrons. The largest absolute Gasteiger partial charge is 0.495 e. The first kappa shape index (κ1) is 17.6. The third-order valence-electron chi connectivity index (χ3n) is 3.76. The number of sulfonamides is 1. The van der Waals surface area contributed by atoms with Crippen LogP contribution in [0.3, 0.4) is 0 Å². The fourth-order valence-electron chi connectivity index (χ4n) is 2.53. The molecule has 0 spiro atoms. The van der Waals surface area contributed by atoms with Crippen LogP contribution >= 0.6 is 0 Å². The monoisotopic (exact) mass is 344 g/mol. The number of hydrogen-bond donors (Lipinski definition) is 0. The first-order chi connectivity index (χ1) is 10.9. The van der Waals surface area contributed by atoms with Gasteiger partial charge < -0.3 is 9.47 Å². The van der Waals surface area contributed by atoms with Crippen molar-refractivity contribution in [3.63, 3.8) is 0 Å². The minimum atomic E-state index is -3.82. The lowest BCUT2D eigenvalue weighted by atomic mass is 10.2. The Hall–Kier alpha value is -1.71. The van der Waals surface area contributed by atoms with Gasteiger partial charge in [0.1, 0.15) is 10.6 Å². The minimum absolute atomic E-state index is 0.0370. The summed E-state index contributed by atoms with van der Waals surface area (Å²) in [6.45, 7) is 2.93. The molecule has 1 fully saturated rings. The number of ether oxygens (including phenoxy) is 2. The van der Waals surface area contributed by atoms with Crippen LogP contribution in [0.1, 0.15) is 19.8 Å². The van der Waals surface area contributed by atoms with E-state index in [1.54, 1.807) is 6.92 Å². The molecule has 0 amide bonds. The van der Waals surface area contributed by atoms with Crippen molar-refractivity contribution in [3.05, 3.63) is 28.3 Å². The molecule has 0 aliphatic carbocycles. The zero-order valence-corrected chi connectivity index (χ0v) is 13.9. The summed E-state index contributed by atoms with van der Waals surface area (Å²) in [5.74, 6) is -0.0370. The summed E-state index contributed by atoms with van der Waals surface area (Å²) in [5.41, 5.74) is -0.219. The lowest BCUT2D eigenvalue weighted by Gasteiger charge is -2.24. The number of nitrogens with zero attached hydrogens (tertiary/aromatic N) is 2. The van der Waals surface area contributed by atoms with E-state index >= 15 is 0 Å². The molecule has 9 heteroatoms. The fourth-order valence-corrected chi connectivity index (χ4v) is 4.15. The summed E-state index contributed by atoms with van der Waals surface area (Å²) < 4.78 is 37.5. The van der Waals surface area contributed by atoms with Crippen LogP contribution in [0.2, 0.25) is 0 Å². The van der Waals surface area contributed by atoms with Crippen molar-refractivity contribution in [1.82, 2.24) is 4.31 Å². The van der Waals surface area contributed by atoms with Crippen molar-refractivity contribution < 1.29 is 22.8 Å². The van der Waals surface area contributed by atoms with E-state index in [0.29, 0.717) is 6.61 Å². The lowest BCUT2D eigenvalue weighted by molar-refractivity contribution is -0.385. The van der Waals surface area contributed by atoms with Gasteiger partial charge in [0.2, 0.25) is 10.0 Å². The van der Waals surface area contributed by atoms with E-state index in [-0.39, 0.29) is 35.5 Å². The third-order valence-corrected chi connectivity index (χ3v) is 5.74. The SMILES string of the molecule is CCN(C[C@H]1CCCO1)S(=O)(=O)c1ccc([N+](=O)[O-])cc1OC. The van der Waals surface area contributed by atoms with Crippen LogP contribution in [0.5, 0.6) is 5.75 Å². The second-order valence-corrected chi connectivity index (χ2v) is 7.09. The highest BCUT2D eigenvalue weighted by Crippen LogP contribution is 2.31. The highest BCUT2D eigenvalue weighted by molar-refractivity contribution is 7.89. The molecule has 1 aromatic rings. The van der Waals surface area contributed by atoms with Crippen molar-refractivity contribution in [2.24, 2.45) is 0 Å². The molecule has 2 rings (SSSR count). The van der Waals surface area contributed by atoms with E-state index in [1.165, 1.54) is 17.5 Å². The summed E-state index contributed by atoms with van der Waals surface area (Å²) in [4.78, 5) is 10.2. The molecule has 0 N–H and O–H groups in total. The molecule has 1 aliphatic rings. The van der Waals surface area contributed by atoms with Crippen LogP contribution in [0.25, 0.3) is 0 Å². The predicted molar refractivity (Wildman–Crippen MR) is 83.1 cm³/mol. The van der Waals surface area contributed by atoms with Crippen LogP contribution in [-0.2, 0) is 14.8 Å². The van der Waals surface area contributed by atoms with Gasteiger partial charge in [0.05, 0.1) is 24.2 Å². The van der Waals surface area contributed by atoms with Gasteiger partial charge in [-0.05, 0) is 18.9 Å². The van der Waals surface area contributed by atoms with Crippen LogP contribution in [-0.4, -0.2) is 50.6 Å². The number of nitro benzene ring substituents is 1. The van der Waals surface area contributed by atoms with Crippen LogP contribution in [0, 0.1) is 10.1 Å². The summed E-state index contributed by atoms with van der Waals surface area (Å²) >= 11 is 0. The number of rotatable bonds is 7. The average Bonchev–Trinajstić information content (AvgIpc) is 3.04. The molecular formula is C14H20N2O6S. The lowest BCUT2D eigenvalue weighted by Crippen LogP contribution is -2.37. The third kappa shape index (κ3) is 3.80. The number of methoxy groups -OCH3 is 1. The molecule has 0 bridgehead atoms. The van der Waals surface area contributed by atoms with Crippen molar-refractivity contribution in [2.75, 3.05) is 26.8 Å². The number of nitro groups is 1. The number of likely N-dealkylation sites (N-methyl/N-ethyl adjacent to an activating group) is 1. The second-order valence-electron chi connectivity index (χ2n) is 5.18. The standard InChI is InChI=1S/C14H20N2O6S/c1-3-15(10-12-5-4-8-22-12)23(19,20)14-7-6-11(16(17)18)9-13(14)21-2/h6-7,9,12H,3-5,8,10H2,1-2H3/t12-/m1/s1. The van der Waals surface area contributed by atoms with Crippen molar-refractivity contribution in [1.29, 1.82) is 0 Å². The van der Waals surface area contributed by atoms with E-state index in [9.17, 15) is 18.5 Å². The van der Waals surface area contributed by atoms with Gasteiger partial charge in [-0.25, -0.2) is 8.42 Å². The summed E-state index contributed by atoms with van der Waals surface area (Å²) in [5, 5.41) is 10.8. The summed E-state index contributed by atoms with van der Waals surface area (Å²) in [7, 11) is -2.53. The Morgan fingerprint density at radius 3 is 2.74 bits per heavy atom. The van der Waals surface area contributed by atoms with Gasteiger partial charge in [-0.2, -0.15) is 4.31 Å². The molecule has 1 aromatic carbocycles. The minimum Gasteiger partial charge on any atom is -0.495 e. The average molecular weight is 344 g/mol. The van der Waals surface area contributed by atoms with E-state index in [4.69, 9.17) is 9.47 Å². The van der Waals surface area contributed by atoms with Crippen LogP contribution in [0.15, 0.2) is 23.1 Å². The fraction of sp³-hybridized carbons (Fsp3) is 0.571. The molecule has 0 aromatic heterocycles. The maximum Gasteiger partial charge on any atom is 0.273 e. The van der Waals surface area contributed by atoms with Gasteiger partial charge >= 0.3 is 0 Å². The Morgan fingerprint density at radius 1 is 1.48 bits per heavy atom. The van der Waals surface area contributed by atoms with Crippen molar-refractivity contribution >= 4 is 15.7 Å². The normalized spacial score (nSPS) is 18.3. The highest BCUT2D eigenvalue weighted by Gasteiger charge is 2.31. The highest BCUT2D eigenvalue weighted by atomic mass is 32.2. The molecule has 23 heavy (non-hydrogen) atoms. The first-order valence-electron chi connectivity index (χ1n) is 7.34. The smallest absolute Gasteiger partial charge is 0.273 e. The number of non-ortho nitro benzene ring substituents is 1. The summed E-state index contributed by atoms with van der Waals surface area (Å²) in [6.07, 6.45) is 1.63. The molecule has 1 saturated heterocycles. The molecule has 1 atom stereocenters. The zero-order valence-electron chi connectivity index (χ0n) is 13.1. The van der Waals surface area contributed by atoms with Gasteiger partial charge in [0.15, 0.2) is 0 Å². The Kier molecular flexibility index (Phi) is 5.55. The molecule has 0 radical (unpaired) electrons. The van der Waals surface area contributed by atoms with E-state index < -0.39 is 14.9 Å². The predicted octanol–water partition coefficient (Wildman–Crippen LogP) is 1.79. The van der Waals surface area contributed by atoms with Crippen molar-refractivity contribution in [3.8, 4) is 5.75 Å². The molecule has 1 aliphatic heterocycles. The van der Waals surface area contributed by atoms with Gasteiger partial charge in [-0.1, -0.05) is 6.92 Å². The van der Waals surface area contributed by atoms with Gasteiger partial charge in [-0.3, -0.25) is 10.1 Å². The molecule has 8 nitrogen and oxygen atoms in total. The Morgan fingerprint density at radius 2 is 2.22 bits per heavy atom. The Labute approximate surface area is 135 Å². The van der Waals surface area contributed by atoms with E-state index in [0.717, 1.165) is 25.0 Å². The molecular weight excluding hydrogens is 324 g/mol. The van der Waals surface area contributed by atoms with Crippen LogP contribution in [0.4, 0.5) is 5.69 Å². The second kappa shape index (κ2) is 7.24. The Balaban J connectivity index is 2.34. The molecule has 0 unspecified atom stereocenters. The molecule has 0 saturated carbocycles. The quantitative estimate of drug-likeness (QED) is 0.552. The van der Waals surface area contributed by atoms with Gasteiger partial charge in [0.25, 0.3) is 5.69 Å². The van der Waals surface area contributed by atoms with Gasteiger partial charge in [0, 0.05) is 25.8 Å². The van der Waals surface area contributed by atoms with Gasteiger partial charge in [-0.15, -0.1) is 0 Å². The maximum absolute atomic E-state index is 12.8. The summed E-state index contributed by atoms with van der Waals surface area (Å²) in [6, 6.07) is 3.49. The van der Waals surface area contributed by atoms with E-state index in [2.05, 4.69) is 0 Å². The number of benzene rings is 1. The topological polar surface area (TPSA) is 99.0 Å². The zero-order chi connectivity index (χ0) is 17.0. The van der Waals surface area contributed by atoms with Crippen molar-refractivity contribution in [2.45, 2.75) is 30.8 Å². The van der Waals surface area contributed by atoms with Crippen LogP contribution < -0.4 is 4.74 Å². The maximum atomic E-state index is 12.8. The Bertz CT molecular complexity index is 670.